The van der Waals surface area contributed by atoms with Crippen LogP contribution >= 0.6 is 11.3 Å². The molecule has 0 bridgehead atoms. The molecule has 0 aliphatic carbocycles. The van der Waals surface area contributed by atoms with E-state index in [1.807, 2.05) is 26.2 Å². The Bertz CT molecular complexity index is 1520. The number of thiazole rings is 1. The largest absolute Gasteiger partial charge is 0.380 e. The third-order valence-electron chi connectivity index (χ3n) is 7.13. The minimum Gasteiger partial charge on any atom is -0.380 e. The summed E-state index contributed by atoms with van der Waals surface area (Å²) in [5, 5.41) is 11.8. The summed E-state index contributed by atoms with van der Waals surface area (Å²) in [7, 11) is 1.85. The van der Waals surface area contributed by atoms with Gasteiger partial charge in [0.2, 0.25) is 5.91 Å². The van der Waals surface area contributed by atoms with Gasteiger partial charge in [-0.2, -0.15) is 10.2 Å². The van der Waals surface area contributed by atoms with E-state index >= 15 is 0 Å². The number of aryl methyl sites for hydroxylation is 2. The van der Waals surface area contributed by atoms with Crippen LogP contribution in [0.1, 0.15) is 28.9 Å². The van der Waals surface area contributed by atoms with E-state index in [0.29, 0.717) is 22.6 Å². The number of carbonyl (C=O) groups is 2. The van der Waals surface area contributed by atoms with Crippen molar-refractivity contribution in [2.45, 2.75) is 19.8 Å². The van der Waals surface area contributed by atoms with E-state index in [1.54, 1.807) is 21.6 Å². The fraction of sp³-hybridized carbons (Fsp3) is 0.400. The van der Waals surface area contributed by atoms with Crippen molar-refractivity contribution in [3.8, 4) is 21.7 Å². The third-order valence-corrected chi connectivity index (χ3v) is 8.35. The Balaban J connectivity index is 1.32. The van der Waals surface area contributed by atoms with Gasteiger partial charge in [-0.15, -0.1) is 11.3 Å². The van der Waals surface area contributed by atoms with Crippen LogP contribution in [0.5, 0.6) is 0 Å². The Hall–Kier alpha value is -3.61. The van der Waals surface area contributed by atoms with Crippen LogP contribution < -0.4 is 11.1 Å². The summed E-state index contributed by atoms with van der Waals surface area (Å²) in [5.41, 5.74) is 10.00. The van der Waals surface area contributed by atoms with Crippen LogP contribution in [0.4, 0.5) is 5.69 Å². The number of pyridine rings is 1. The number of hydrogen-bond donors (Lipinski definition) is 2. The Kier molecular flexibility index (Phi) is 5.81. The van der Waals surface area contributed by atoms with Crippen LogP contribution in [-0.4, -0.2) is 73.9 Å². The molecular formula is C25H28N8O3S. The molecular weight excluding hydrogens is 492 g/mol. The molecule has 0 unspecified atom stereocenters. The topological polar surface area (TPSA) is 133 Å². The van der Waals surface area contributed by atoms with Crippen molar-refractivity contribution in [3.63, 3.8) is 0 Å². The first-order valence-electron chi connectivity index (χ1n) is 12.2. The molecule has 2 saturated heterocycles. The Morgan fingerprint density at radius 1 is 1.24 bits per heavy atom. The molecule has 6 heterocycles. The third kappa shape index (κ3) is 4.30. The maximum absolute atomic E-state index is 13.0. The summed E-state index contributed by atoms with van der Waals surface area (Å²) in [5.74, 6) is -0.615. The quantitative estimate of drug-likeness (QED) is 0.399. The molecule has 2 aliphatic heterocycles. The number of ether oxygens (including phenoxy) is 1. The van der Waals surface area contributed by atoms with Crippen LogP contribution in [0.25, 0.3) is 26.5 Å². The van der Waals surface area contributed by atoms with Gasteiger partial charge in [0.25, 0.3) is 5.91 Å². The minimum absolute atomic E-state index is 0.0769. The molecule has 0 aromatic carbocycles. The fourth-order valence-electron chi connectivity index (χ4n) is 5.29. The molecule has 6 rings (SSSR count). The van der Waals surface area contributed by atoms with Gasteiger partial charge in [0, 0.05) is 42.0 Å². The highest BCUT2D eigenvalue weighted by Gasteiger charge is 2.42. The molecule has 3 N–H and O–H groups in total. The number of nitrogens with zero attached hydrogens (tertiary/aromatic N) is 6. The standard InChI is InChI=1S/C25H28N8O3S/c1-15-18(6-17(8-27-15)30-20(34)11-32-5-3-4-25(12-32)13-36-14-25)21-22(16-7-28-31(2)10-16)37-24-19(23(26)35)9-29-33(21)24/h6-10H,3-5,11-14H2,1-2H3,(H2,26,35)(H,30,34). The Labute approximate surface area is 217 Å². The van der Waals surface area contributed by atoms with E-state index < -0.39 is 5.91 Å². The molecule has 2 fully saturated rings. The first-order chi connectivity index (χ1) is 17.8. The average Bonchev–Trinajstić information content (AvgIpc) is 3.54. The number of likely N-dealkylation sites (tertiary alicyclic amines) is 1. The second-order valence-electron chi connectivity index (χ2n) is 10.0. The van der Waals surface area contributed by atoms with Crippen molar-refractivity contribution in [3.05, 3.63) is 42.1 Å². The van der Waals surface area contributed by atoms with Crippen molar-refractivity contribution in [2.24, 2.45) is 18.2 Å². The molecule has 1 spiro atoms. The number of nitrogens with one attached hydrogen (secondary N) is 1. The van der Waals surface area contributed by atoms with E-state index in [0.717, 1.165) is 66.5 Å². The summed E-state index contributed by atoms with van der Waals surface area (Å²) < 4.78 is 8.88. The highest BCUT2D eigenvalue weighted by molar-refractivity contribution is 7.21. The molecule has 0 atom stereocenters. The fourth-order valence-corrected chi connectivity index (χ4v) is 6.49. The minimum atomic E-state index is -0.538. The lowest BCUT2D eigenvalue weighted by Gasteiger charge is -2.48. The van der Waals surface area contributed by atoms with Crippen molar-refractivity contribution < 1.29 is 14.3 Å². The maximum Gasteiger partial charge on any atom is 0.253 e. The molecule has 2 amide bonds. The lowest BCUT2D eigenvalue weighted by Crippen LogP contribution is -2.55. The molecule has 192 valence electrons. The summed E-state index contributed by atoms with van der Waals surface area (Å²) >= 11 is 1.42. The van der Waals surface area contributed by atoms with Gasteiger partial charge in [0.1, 0.15) is 4.83 Å². The summed E-state index contributed by atoms with van der Waals surface area (Å²) in [6, 6.07) is 1.91. The second-order valence-corrected chi connectivity index (χ2v) is 11.0. The van der Waals surface area contributed by atoms with E-state index in [1.165, 1.54) is 17.5 Å². The van der Waals surface area contributed by atoms with Crippen LogP contribution in [0.2, 0.25) is 0 Å². The smallest absolute Gasteiger partial charge is 0.253 e. The molecule has 12 heteroatoms. The number of rotatable bonds is 6. The van der Waals surface area contributed by atoms with Gasteiger partial charge in [0.05, 0.1) is 60.2 Å². The van der Waals surface area contributed by atoms with Crippen molar-refractivity contribution in [1.82, 2.24) is 29.3 Å². The van der Waals surface area contributed by atoms with Crippen LogP contribution in [0, 0.1) is 12.3 Å². The van der Waals surface area contributed by atoms with Crippen molar-refractivity contribution in [2.75, 3.05) is 38.2 Å². The normalized spacial score (nSPS) is 17.2. The summed E-state index contributed by atoms with van der Waals surface area (Å²) in [6.45, 7) is 5.61. The Morgan fingerprint density at radius 3 is 2.78 bits per heavy atom. The molecule has 2 aliphatic rings. The van der Waals surface area contributed by atoms with Gasteiger partial charge in [0.15, 0.2) is 0 Å². The lowest BCUT2D eigenvalue weighted by molar-refractivity contribution is -0.146. The van der Waals surface area contributed by atoms with Crippen molar-refractivity contribution >= 4 is 33.7 Å². The zero-order valence-electron chi connectivity index (χ0n) is 20.7. The number of anilines is 1. The number of hydrogen-bond acceptors (Lipinski definition) is 8. The van der Waals surface area contributed by atoms with Gasteiger partial charge in [-0.25, -0.2) is 4.52 Å². The molecule has 0 saturated carbocycles. The zero-order chi connectivity index (χ0) is 25.7. The number of nitrogens with two attached hydrogens (primary N) is 1. The highest BCUT2D eigenvalue weighted by atomic mass is 32.1. The first-order valence-corrected chi connectivity index (χ1v) is 13.0. The SMILES string of the molecule is Cc1ncc(NC(=O)CN2CCCC3(COC3)C2)cc1-c1c(-c2cnn(C)c2)sc2c(C(N)=O)cnn12. The number of aromatic nitrogens is 5. The average molecular weight is 521 g/mol. The maximum atomic E-state index is 13.0. The molecule has 4 aromatic rings. The first kappa shape index (κ1) is 23.8. The molecule has 37 heavy (non-hydrogen) atoms. The monoisotopic (exact) mass is 520 g/mol. The van der Waals surface area contributed by atoms with Crippen molar-refractivity contribution in [1.29, 1.82) is 0 Å². The van der Waals surface area contributed by atoms with Gasteiger partial charge in [-0.05, 0) is 32.4 Å². The van der Waals surface area contributed by atoms with E-state index in [-0.39, 0.29) is 11.3 Å². The summed E-state index contributed by atoms with van der Waals surface area (Å²) in [6.07, 6.45) is 9.07. The van der Waals surface area contributed by atoms with Gasteiger partial charge in [-0.1, -0.05) is 0 Å². The lowest BCUT2D eigenvalue weighted by atomic mass is 9.78. The number of fused-ring (bicyclic) bond motifs is 1. The zero-order valence-corrected chi connectivity index (χ0v) is 21.5. The molecule has 11 nitrogen and oxygen atoms in total. The van der Waals surface area contributed by atoms with Gasteiger partial charge < -0.3 is 15.8 Å². The second kappa shape index (κ2) is 9.05. The van der Waals surface area contributed by atoms with E-state index in [2.05, 4.69) is 25.4 Å². The van der Waals surface area contributed by atoms with Gasteiger partial charge >= 0.3 is 0 Å². The van der Waals surface area contributed by atoms with E-state index in [9.17, 15) is 9.59 Å². The van der Waals surface area contributed by atoms with Crippen LogP contribution in [0.15, 0.2) is 30.9 Å². The number of primary amides is 1. The highest BCUT2D eigenvalue weighted by Crippen LogP contribution is 2.42. The number of carbonyl (C=O) groups excluding carboxylic acids is 2. The van der Waals surface area contributed by atoms with E-state index in [4.69, 9.17) is 10.5 Å². The Morgan fingerprint density at radius 2 is 2.08 bits per heavy atom. The number of amides is 2. The molecule has 0 radical (unpaired) electrons. The predicted molar refractivity (Wildman–Crippen MR) is 139 cm³/mol. The van der Waals surface area contributed by atoms with Crippen LogP contribution in [0.3, 0.4) is 0 Å². The van der Waals surface area contributed by atoms with Crippen LogP contribution in [-0.2, 0) is 16.6 Å². The number of piperidine rings is 1. The molecule has 4 aromatic heterocycles. The summed E-state index contributed by atoms with van der Waals surface area (Å²) in [4.78, 5) is 33.3. The predicted octanol–water partition coefficient (Wildman–Crippen LogP) is 2.32. The van der Waals surface area contributed by atoms with Gasteiger partial charge in [-0.3, -0.25) is 24.2 Å².